The molecule has 0 aromatic heterocycles. The molecule has 0 atom stereocenters. The van der Waals surface area contributed by atoms with Gasteiger partial charge in [0.25, 0.3) is 0 Å². The molecule has 0 saturated carbocycles. The predicted octanol–water partition coefficient (Wildman–Crippen LogP) is 3.49. The lowest BCUT2D eigenvalue weighted by atomic mass is 10.1. The van der Waals surface area contributed by atoms with Crippen LogP contribution in [0.3, 0.4) is 0 Å². The smallest absolute Gasteiger partial charge is 0.490 e. The maximum Gasteiger partial charge on any atom is 0.573 e. The van der Waals surface area contributed by atoms with E-state index in [1.807, 2.05) is 0 Å². The highest BCUT2D eigenvalue weighted by atomic mass is 79.9. The van der Waals surface area contributed by atoms with E-state index >= 15 is 0 Å². The normalized spacial score (nSPS) is 11.2. The molecule has 1 aromatic carbocycles. The molecular weight excluding hydrogens is 329 g/mol. The van der Waals surface area contributed by atoms with E-state index in [4.69, 9.17) is 4.74 Å². The van der Waals surface area contributed by atoms with Gasteiger partial charge in [0.1, 0.15) is 5.78 Å². The summed E-state index contributed by atoms with van der Waals surface area (Å²) in [4.78, 5) is 11.2. The molecule has 0 amide bonds. The van der Waals surface area contributed by atoms with Gasteiger partial charge in [0.15, 0.2) is 11.5 Å². The Hall–Kier alpha value is -1.24. The largest absolute Gasteiger partial charge is 0.573 e. The zero-order valence-electron chi connectivity index (χ0n) is 10.1. The van der Waals surface area contributed by atoms with Crippen molar-refractivity contribution in [1.29, 1.82) is 0 Å². The van der Waals surface area contributed by atoms with Crippen LogP contribution in [-0.4, -0.2) is 24.1 Å². The molecule has 1 aromatic rings. The van der Waals surface area contributed by atoms with Crippen molar-refractivity contribution in [2.45, 2.75) is 19.7 Å². The molecule has 7 heteroatoms. The summed E-state index contributed by atoms with van der Waals surface area (Å²) >= 11 is 2.99. The first kappa shape index (κ1) is 15.8. The number of ether oxygens (including phenoxy) is 2. The Kier molecular flexibility index (Phi) is 5.65. The van der Waals surface area contributed by atoms with E-state index in [0.29, 0.717) is 5.56 Å². The average molecular weight is 341 g/mol. The maximum atomic E-state index is 12.3. The lowest BCUT2D eigenvalue weighted by Gasteiger charge is -2.14. The number of Topliss-reactive ketones (excluding diaryl/α,β-unsaturated/α-hetero) is 1. The first-order valence-electron chi connectivity index (χ1n) is 5.45. The minimum absolute atomic E-state index is 0.00475. The topological polar surface area (TPSA) is 35.5 Å². The van der Waals surface area contributed by atoms with Gasteiger partial charge < -0.3 is 9.47 Å². The van der Waals surface area contributed by atoms with Crippen LogP contribution in [0, 0.1) is 0 Å². The molecule has 0 unspecified atom stereocenters. The second-order valence-corrected chi connectivity index (χ2v) is 4.17. The van der Waals surface area contributed by atoms with Crippen molar-refractivity contribution < 1.29 is 27.4 Å². The fraction of sp³-hybridized carbons (Fsp3) is 0.417. The first-order valence-corrected chi connectivity index (χ1v) is 6.57. The van der Waals surface area contributed by atoms with E-state index in [1.165, 1.54) is 18.2 Å². The van der Waals surface area contributed by atoms with Crippen molar-refractivity contribution in [3.8, 4) is 11.5 Å². The van der Waals surface area contributed by atoms with Gasteiger partial charge >= 0.3 is 6.36 Å². The number of hydrogen-bond acceptors (Lipinski definition) is 3. The number of rotatable bonds is 6. The molecular formula is C12H12BrF3O3. The number of benzene rings is 1. The minimum atomic E-state index is -4.80. The highest BCUT2D eigenvalue weighted by Crippen LogP contribution is 2.33. The zero-order valence-corrected chi connectivity index (χ0v) is 11.7. The third-order valence-electron chi connectivity index (χ3n) is 2.08. The van der Waals surface area contributed by atoms with Crippen molar-refractivity contribution >= 4 is 21.7 Å². The summed E-state index contributed by atoms with van der Waals surface area (Å²) in [6.07, 6.45) is -4.77. The Morgan fingerprint density at radius 3 is 2.53 bits per heavy atom. The van der Waals surface area contributed by atoms with Crippen LogP contribution >= 0.6 is 15.9 Å². The molecule has 0 aliphatic carbocycles. The molecule has 0 radical (unpaired) electrons. The Labute approximate surface area is 116 Å². The van der Waals surface area contributed by atoms with Crippen molar-refractivity contribution in [2.75, 3.05) is 11.9 Å². The fourth-order valence-corrected chi connectivity index (χ4v) is 1.61. The number of alkyl halides is 4. The van der Waals surface area contributed by atoms with Gasteiger partial charge in [0.2, 0.25) is 0 Å². The quantitative estimate of drug-likeness (QED) is 0.743. The third kappa shape index (κ3) is 5.50. The van der Waals surface area contributed by atoms with E-state index in [-0.39, 0.29) is 29.9 Å². The van der Waals surface area contributed by atoms with E-state index in [9.17, 15) is 18.0 Å². The molecule has 0 saturated heterocycles. The molecule has 0 aliphatic rings. The summed E-state index contributed by atoms with van der Waals surface area (Å²) in [5, 5.41) is 0.148. The summed E-state index contributed by atoms with van der Waals surface area (Å²) in [6, 6.07) is 4.06. The first-order chi connectivity index (χ1) is 8.85. The van der Waals surface area contributed by atoms with Gasteiger partial charge in [-0.3, -0.25) is 4.79 Å². The van der Waals surface area contributed by atoms with Crippen LogP contribution in [0.2, 0.25) is 0 Å². The van der Waals surface area contributed by atoms with E-state index in [1.54, 1.807) is 6.92 Å². The molecule has 106 valence electrons. The summed E-state index contributed by atoms with van der Waals surface area (Å²) in [5.74, 6) is -0.578. The van der Waals surface area contributed by atoms with E-state index in [2.05, 4.69) is 20.7 Å². The summed E-state index contributed by atoms with van der Waals surface area (Å²) in [7, 11) is 0. The number of carbonyl (C=O) groups excluding carboxylic acids is 1. The molecule has 0 heterocycles. The van der Waals surface area contributed by atoms with Crippen LogP contribution in [0.25, 0.3) is 0 Å². The molecule has 0 aliphatic heterocycles. The van der Waals surface area contributed by atoms with Crippen LogP contribution in [0.1, 0.15) is 12.5 Å². The second-order valence-electron chi connectivity index (χ2n) is 3.61. The van der Waals surface area contributed by atoms with Gasteiger partial charge in [-0.25, -0.2) is 0 Å². The van der Waals surface area contributed by atoms with Gasteiger partial charge in [-0.2, -0.15) is 0 Å². The Bertz CT molecular complexity index is 446. The highest BCUT2D eigenvalue weighted by Gasteiger charge is 2.32. The second kappa shape index (κ2) is 6.79. The summed E-state index contributed by atoms with van der Waals surface area (Å²) in [6.45, 7) is 1.87. The number of ketones is 1. The van der Waals surface area contributed by atoms with Crippen LogP contribution < -0.4 is 9.47 Å². The molecule has 0 bridgehead atoms. The Morgan fingerprint density at radius 2 is 2.00 bits per heavy atom. The minimum Gasteiger partial charge on any atom is -0.490 e. The van der Waals surface area contributed by atoms with Crippen molar-refractivity contribution in [2.24, 2.45) is 0 Å². The molecule has 3 nitrogen and oxygen atoms in total. The summed E-state index contributed by atoms with van der Waals surface area (Å²) < 4.78 is 45.8. The molecule has 19 heavy (non-hydrogen) atoms. The van der Waals surface area contributed by atoms with Crippen molar-refractivity contribution in [1.82, 2.24) is 0 Å². The summed E-state index contributed by atoms with van der Waals surface area (Å²) in [5.41, 5.74) is 0.437. The van der Waals surface area contributed by atoms with Crippen LogP contribution in [0.5, 0.6) is 11.5 Å². The zero-order chi connectivity index (χ0) is 14.5. The highest BCUT2D eigenvalue weighted by molar-refractivity contribution is 9.09. The Balaban J connectivity index is 3.00. The van der Waals surface area contributed by atoms with Crippen molar-refractivity contribution in [3.05, 3.63) is 23.8 Å². The van der Waals surface area contributed by atoms with Gasteiger partial charge in [0, 0.05) is 6.42 Å². The SMILES string of the molecule is CCOc1ccc(CC(=O)CBr)cc1OC(F)(F)F. The van der Waals surface area contributed by atoms with Crippen LogP contribution in [0.15, 0.2) is 18.2 Å². The number of halogens is 4. The number of hydrogen-bond donors (Lipinski definition) is 0. The molecule has 1 rings (SSSR count). The van der Waals surface area contributed by atoms with Gasteiger partial charge in [-0.1, -0.05) is 22.0 Å². The maximum absolute atomic E-state index is 12.3. The predicted molar refractivity (Wildman–Crippen MR) is 66.8 cm³/mol. The van der Waals surface area contributed by atoms with E-state index in [0.717, 1.165) is 0 Å². The molecule has 0 N–H and O–H groups in total. The van der Waals surface area contributed by atoms with Gasteiger partial charge in [-0.05, 0) is 24.6 Å². The molecule has 0 fully saturated rings. The van der Waals surface area contributed by atoms with Crippen LogP contribution in [0.4, 0.5) is 13.2 Å². The standard InChI is InChI=1S/C12H12BrF3O3/c1-2-18-10-4-3-8(5-9(17)7-13)6-11(10)19-12(14,15)16/h3-4,6H,2,5,7H2,1H3. The third-order valence-corrected chi connectivity index (χ3v) is 2.71. The van der Waals surface area contributed by atoms with Crippen molar-refractivity contribution in [3.63, 3.8) is 0 Å². The van der Waals surface area contributed by atoms with E-state index < -0.39 is 12.1 Å². The number of carbonyl (C=O) groups is 1. The Morgan fingerprint density at radius 1 is 1.32 bits per heavy atom. The average Bonchev–Trinajstić information content (AvgIpc) is 2.30. The van der Waals surface area contributed by atoms with Gasteiger partial charge in [-0.15, -0.1) is 13.2 Å². The lowest BCUT2D eigenvalue weighted by molar-refractivity contribution is -0.275. The monoisotopic (exact) mass is 340 g/mol. The van der Waals surface area contributed by atoms with Gasteiger partial charge in [0.05, 0.1) is 11.9 Å². The lowest BCUT2D eigenvalue weighted by Crippen LogP contribution is -2.18. The van der Waals surface area contributed by atoms with Crippen LogP contribution in [-0.2, 0) is 11.2 Å². The molecule has 0 spiro atoms. The fourth-order valence-electron chi connectivity index (χ4n) is 1.42.